The second kappa shape index (κ2) is 3.25. The summed E-state index contributed by atoms with van der Waals surface area (Å²) in [5.74, 6) is 2.00. The number of methoxy groups -OCH3 is 1. The van der Waals surface area contributed by atoms with E-state index in [1.54, 1.807) is 7.11 Å². The fourth-order valence-corrected chi connectivity index (χ4v) is 1.78. The van der Waals surface area contributed by atoms with Crippen LogP contribution in [0.15, 0.2) is 24.3 Å². The maximum Gasteiger partial charge on any atom is 0.143 e. The van der Waals surface area contributed by atoms with Crippen molar-refractivity contribution in [2.45, 2.75) is 0 Å². The average molecular weight is 190 g/mol. The summed E-state index contributed by atoms with van der Waals surface area (Å²) < 4.78 is 7.41. The van der Waals surface area contributed by atoms with Gasteiger partial charge in [0.2, 0.25) is 0 Å². The van der Waals surface area contributed by atoms with Crippen molar-refractivity contribution in [3.63, 3.8) is 0 Å². The number of ether oxygens (including phenoxy) is 1. The van der Waals surface area contributed by atoms with E-state index < -0.39 is 0 Å². The van der Waals surface area contributed by atoms with Crippen molar-refractivity contribution in [3.05, 3.63) is 24.3 Å². The van der Waals surface area contributed by atoms with Crippen LogP contribution >= 0.6 is 0 Å². The van der Waals surface area contributed by atoms with E-state index in [2.05, 4.69) is 22.0 Å². The molecule has 0 saturated heterocycles. The summed E-state index contributed by atoms with van der Waals surface area (Å²) in [6, 6.07) is 8.17. The zero-order chi connectivity index (χ0) is 10.1. The van der Waals surface area contributed by atoms with Crippen LogP contribution in [0.2, 0.25) is 0 Å². The summed E-state index contributed by atoms with van der Waals surface area (Å²) in [4.78, 5) is 0. The molecule has 3 heteroatoms. The second-order valence-electron chi connectivity index (χ2n) is 3.24. The number of para-hydroxylation sites is 1. The van der Waals surface area contributed by atoms with Crippen molar-refractivity contribution >= 4 is 16.7 Å². The Morgan fingerprint density at radius 3 is 2.79 bits per heavy atom. The maximum absolute atomic E-state index is 5.32. The highest BCUT2D eigenvalue weighted by atomic mass is 16.5. The van der Waals surface area contributed by atoms with Crippen molar-refractivity contribution < 1.29 is 4.74 Å². The van der Waals surface area contributed by atoms with Gasteiger partial charge in [0, 0.05) is 19.5 Å². The van der Waals surface area contributed by atoms with Crippen LogP contribution in [-0.2, 0) is 7.05 Å². The van der Waals surface area contributed by atoms with Crippen LogP contribution < -0.4 is 10.1 Å². The Balaban J connectivity index is 2.79. The van der Waals surface area contributed by atoms with Gasteiger partial charge in [-0.05, 0) is 12.1 Å². The van der Waals surface area contributed by atoms with Gasteiger partial charge in [-0.2, -0.15) is 0 Å². The molecule has 0 aliphatic carbocycles. The lowest BCUT2D eigenvalue weighted by Gasteiger charge is -2.06. The molecule has 0 fully saturated rings. The Morgan fingerprint density at radius 2 is 2.14 bits per heavy atom. The standard InChI is InChI=1S/C11H14N2O/c1-12-10-7-8-5-4-6-9(14-3)11(8)13(10)2/h4-7,12H,1-3H3. The number of aryl methyl sites for hydroxylation is 1. The fraction of sp³-hybridized carbons (Fsp3) is 0.273. The van der Waals surface area contributed by atoms with Crippen LogP contribution in [0.1, 0.15) is 0 Å². The molecule has 0 amide bonds. The predicted molar refractivity (Wildman–Crippen MR) is 59.0 cm³/mol. The van der Waals surface area contributed by atoms with Gasteiger partial charge in [-0.1, -0.05) is 12.1 Å². The molecule has 14 heavy (non-hydrogen) atoms. The smallest absolute Gasteiger partial charge is 0.143 e. The molecule has 0 unspecified atom stereocenters. The first-order chi connectivity index (χ1) is 6.77. The molecule has 1 N–H and O–H groups in total. The molecule has 0 spiro atoms. The third-order valence-electron chi connectivity index (χ3n) is 2.50. The topological polar surface area (TPSA) is 26.2 Å². The van der Waals surface area contributed by atoms with Gasteiger partial charge in [-0.3, -0.25) is 0 Å². The lowest BCUT2D eigenvalue weighted by Crippen LogP contribution is -1.97. The van der Waals surface area contributed by atoms with E-state index >= 15 is 0 Å². The number of nitrogens with zero attached hydrogens (tertiary/aromatic N) is 1. The summed E-state index contributed by atoms with van der Waals surface area (Å²) in [5.41, 5.74) is 1.12. The lowest BCUT2D eigenvalue weighted by molar-refractivity contribution is 0.418. The highest BCUT2D eigenvalue weighted by Crippen LogP contribution is 2.29. The van der Waals surface area contributed by atoms with Crippen molar-refractivity contribution in [2.24, 2.45) is 7.05 Å². The van der Waals surface area contributed by atoms with E-state index in [1.165, 1.54) is 5.39 Å². The summed E-state index contributed by atoms with van der Waals surface area (Å²) in [6.07, 6.45) is 0. The molecule has 0 aliphatic rings. The molecule has 1 aromatic heterocycles. The maximum atomic E-state index is 5.32. The van der Waals surface area contributed by atoms with Crippen LogP contribution in [0.3, 0.4) is 0 Å². The van der Waals surface area contributed by atoms with E-state index in [4.69, 9.17) is 4.74 Å². The van der Waals surface area contributed by atoms with Gasteiger partial charge in [0.15, 0.2) is 0 Å². The van der Waals surface area contributed by atoms with Crippen LogP contribution in [0, 0.1) is 0 Å². The average Bonchev–Trinajstić information content (AvgIpc) is 2.55. The highest BCUT2D eigenvalue weighted by Gasteiger charge is 2.08. The summed E-state index contributed by atoms with van der Waals surface area (Å²) in [6.45, 7) is 0. The Morgan fingerprint density at radius 1 is 1.36 bits per heavy atom. The quantitative estimate of drug-likeness (QED) is 0.786. The summed E-state index contributed by atoms with van der Waals surface area (Å²) in [5, 5.41) is 4.33. The number of hydrogen-bond acceptors (Lipinski definition) is 2. The zero-order valence-corrected chi connectivity index (χ0v) is 8.66. The zero-order valence-electron chi connectivity index (χ0n) is 8.66. The van der Waals surface area contributed by atoms with Gasteiger partial charge in [0.05, 0.1) is 12.6 Å². The first-order valence-electron chi connectivity index (χ1n) is 4.58. The number of nitrogens with one attached hydrogen (secondary N) is 1. The molecule has 0 radical (unpaired) electrons. The van der Waals surface area contributed by atoms with Crippen LogP contribution in [-0.4, -0.2) is 18.7 Å². The third-order valence-corrected chi connectivity index (χ3v) is 2.50. The van der Waals surface area contributed by atoms with Crippen molar-refractivity contribution in [3.8, 4) is 5.75 Å². The molecular weight excluding hydrogens is 176 g/mol. The minimum atomic E-state index is 0.909. The number of hydrogen-bond donors (Lipinski definition) is 1. The first-order valence-corrected chi connectivity index (χ1v) is 4.58. The van der Waals surface area contributed by atoms with E-state index in [1.807, 2.05) is 26.2 Å². The summed E-state index contributed by atoms with van der Waals surface area (Å²) >= 11 is 0. The molecule has 0 atom stereocenters. The van der Waals surface area contributed by atoms with Crippen molar-refractivity contribution in [2.75, 3.05) is 19.5 Å². The first kappa shape index (κ1) is 8.94. The van der Waals surface area contributed by atoms with E-state index in [-0.39, 0.29) is 0 Å². The van der Waals surface area contributed by atoms with Crippen LogP contribution in [0.25, 0.3) is 10.9 Å². The number of anilines is 1. The molecular formula is C11H14N2O. The molecule has 1 heterocycles. The Hall–Kier alpha value is -1.64. The van der Waals surface area contributed by atoms with E-state index in [0.29, 0.717) is 0 Å². The predicted octanol–water partition coefficient (Wildman–Crippen LogP) is 2.23. The van der Waals surface area contributed by atoms with Gasteiger partial charge in [0.1, 0.15) is 11.6 Å². The molecule has 2 aromatic rings. The Kier molecular flexibility index (Phi) is 2.08. The normalized spacial score (nSPS) is 10.5. The van der Waals surface area contributed by atoms with E-state index in [9.17, 15) is 0 Å². The Bertz CT molecular complexity index is 460. The molecule has 3 nitrogen and oxygen atoms in total. The van der Waals surface area contributed by atoms with Crippen LogP contribution in [0.4, 0.5) is 5.82 Å². The number of fused-ring (bicyclic) bond motifs is 1. The van der Waals surface area contributed by atoms with Gasteiger partial charge < -0.3 is 14.6 Å². The molecule has 0 bridgehead atoms. The number of aromatic nitrogens is 1. The van der Waals surface area contributed by atoms with E-state index in [0.717, 1.165) is 17.1 Å². The number of benzene rings is 1. The van der Waals surface area contributed by atoms with Gasteiger partial charge in [-0.25, -0.2) is 0 Å². The van der Waals surface area contributed by atoms with Crippen molar-refractivity contribution in [1.82, 2.24) is 4.57 Å². The molecule has 2 rings (SSSR count). The molecule has 1 aromatic carbocycles. The lowest BCUT2D eigenvalue weighted by atomic mass is 10.2. The highest BCUT2D eigenvalue weighted by molar-refractivity contribution is 5.89. The second-order valence-corrected chi connectivity index (χ2v) is 3.24. The van der Waals surface area contributed by atoms with Gasteiger partial charge in [-0.15, -0.1) is 0 Å². The fourth-order valence-electron chi connectivity index (χ4n) is 1.78. The minimum absolute atomic E-state index is 0.909. The Labute approximate surface area is 83.3 Å². The summed E-state index contributed by atoms with van der Waals surface area (Å²) in [7, 11) is 5.64. The largest absolute Gasteiger partial charge is 0.495 e. The third kappa shape index (κ3) is 1.13. The molecule has 0 saturated carbocycles. The monoisotopic (exact) mass is 190 g/mol. The van der Waals surface area contributed by atoms with Crippen LogP contribution in [0.5, 0.6) is 5.75 Å². The SMILES string of the molecule is CNc1cc2cccc(OC)c2n1C. The molecule has 0 aliphatic heterocycles. The van der Waals surface area contributed by atoms with Gasteiger partial charge >= 0.3 is 0 Å². The van der Waals surface area contributed by atoms with Crippen molar-refractivity contribution in [1.29, 1.82) is 0 Å². The molecule has 74 valence electrons. The number of rotatable bonds is 2. The van der Waals surface area contributed by atoms with Gasteiger partial charge in [0.25, 0.3) is 0 Å². The minimum Gasteiger partial charge on any atom is -0.495 e.